The van der Waals surface area contributed by atoms with Crippen LogP contribution in [-0.4, -0.2) is 17.0 Å². The highest BCUT2D eigenvalue weighted by Gasteiger charge is 2.13. The lowest BCUT2D eigenvalue weighted by molar-refractivity contribution is -0.384. The highest BCUT2D eigenvalue weighted by atomic mass is 35.5. The minimum Gasteiger partial charge on any atom is -0.455 e. The zero-order valence-electron chi connectivity index (χ0n) is 13.8. The zero-order chi connectivity index (χ0) is 19.4. The summed E-state index contributed by atoms with van der Waals surface area (Å²) in [5.41, 5.74) is 9.32. The largest absolute Gasteiger partial charge is 0.455 e. The van der Waals surface area contributed by atoms with Crippen LogP contribution in [0, 0.1) is 10.1 Å². The van der Waals surface area contributed by atoms with E-state index in [0.29, 0.717) is 28.3 Å². The van der Waals surface area contributed by atoms with Crippen LogP contribution < -0.4 is 11.2 Å². The first-order valence-electron chi connectivity index (χ1n) is 7.67. The van der Waals surface area contributed by atoms with E-state index >= 15 is 0 Å². The maximum atomic E-state index is 11.9. The van der Waals surface area contributed by atoms with Crippen LogP contribution in [0.2, 0.25) is 5.02 Å². The SMILES string of the molecule is Nc1ccc(C(=O)N/N=C/c2ccc(-c3ccc([N+](=O)[O-])cc3Cl)o2)cc1. The quantitative estimate of drug-likeness (QED) is 0.299. The third-order valence-corrected chi connectivity index (χ3v) is 3.90. The predicted molar refractivity (Wildman–Crippen MR) is 102 cm³/mol. The van der Waals surface area contributed by atoms with Crippen molar-refractivity contribution in [2.75, 3.05) is 5.73 Å². The van der Waals surface area contributed by atoms with Crippen molar-refractivity contribution in [3.8, 4) is 11.3 Å². The fraction of sp³-hybridized carbons (Fsp3) is 0. The number of non-ortho nitro benzene ring substituents is 1. The molecule has 0 radical (unpaired) electrons. The number of hydrogen-bond acceptors (Lipinski definition) is 6. The van der Waals surface area contributed by atoms with Gasteiger partial charge >= 0.3 is 0 Å². The third-order valence-electron chi connectivity index (χ3n) is 3.59. The molecule has 0 saturated heterocycles. The molecule has 8 nitrogen and oxygen atoms in total. The Morgan fingerprint density at radius 3 is 2.59 bits per heavy atom. The number of hydrogen-bond donors (Lipinski definition) is 2. The topological polar surface area (TPSA) is 124 Å². The summed E-state index contributed by atoms with van der Waals surface area (Å²) in [7, 11) is 0. The fourth-order valence-electron chi connectivity index (χ4n) is 2.24. The number of amides is 1. The first kappa shape index (κ1) is 18.2. The number of carbonyl (C=O) groups excluding carboxylic acids is 1. The summed E-state index contributed by atoms with van der Waals surface area (Å²) in [5.74, 6) is 0.398. The van der Waals surface area contributed by atoms with Crippen molar-refractivity contribution in [3.05, 3.63) is 81.1 Å². The van der Waals surface area contributed by atoms with Crippen molar-refractivity contribution in [1.82, 2.24) is 5.43 Å². The van der Waals surface area contributed by atoms with E-state index in [4.69, 9.17) is 21.8 Å². The molecule has 3 N–H and O–H groups in total. The minimum atomic E-state index is -0.528. The maximum Gasteiger partial charge on any atom is 0.271 e. The van der Waals surface area contributed by atoms with Crippen LogP contribution in [0.5, 0.6) is 0 Å². The molecule has 0 atom stereocenters. The molecule has 0 aliphatic heterocycles. The third kappa shape index (κ3) is 4.31. The standard InChI is InChI=1S/C18H13ClN4O4/c19-16-9-13(23(25)26)5-7-15(16)17-8-6-14(27-17)10-21-22-18(24)11-1-3-12(20)4-2-11/h1-10H,20H2,(H,22,24)/b21-10+. The Morgan fingerprint density at radius 1 is 1.19 bits per heavy atom. The molecule has 0 aliphatic carbocycles. The van der Waals surface area contributed by atoms with E-state index in [2.05, 4.69) is 10.5 Å². The number of furan rings is 1. The molecule has 0 bridgehead atoms. The number of nitrogen functional groups attached to an aromatic ring is 1. The van der Waals surface area contributed by atoms with E-state index in [1.54, 1.807) is 36.4 Å². The van der Waals surface area contributed by atoms with E-state index in [9.17, 15) is 14.9 Å². The van der Waals surface area contributed by atoms with Crippen LogP contribution in [-0.2, 0) is 0 Å². The Morgan fingerprint density at radius 2 is 1.93 bits per heavy atom. The van der Waals surface area contributed by atoms with Gasteiger partial charge in [-0.3, -0.25) is 14.9 Å². The molecule has 136 valence electrons. The number of benzene rings is 2. The Bertz CT molecular complexity index is 1030. The normalized spacial score (nSPS) is 10.9. The molecule has 0 aliphatic rings. The molecule has 3 aromatic rings. The Hall–Kier alpha value is -3.65. The number of hydrazone groups is 1. The fourth-order valence-corrected chi connectivity index (χ4v) is 2.51. The van der Waals surface area contributed by atoms with Gasteiger partial charge < -0.3 is 10.2 Å². The van der Waals surface area contributed by atoms with Crippen LogP contribution in [0.1, 0.15) is 16.1 Å². The van der Waals surface area contributed by atoms with Crippen LogP contribution in [0.3, 0.4) is 0 Å². The predicted octanol–water partition coefficient (Wildman–Crippen LogP) is 3.85. The smallest absolute Gasteiger partial charge is 0.271 e. The lowest BCUT2D eigenvalue weighted by Crippen LogP contribution is -2.17. The number of nitro groups is 1. The maximum absolute atomic E-state index is 11.9. The van der Waals surface area contributed by atoms with Crippen molar-refractivity contribution < 1.29 is 14.1 Å². The van der Waals surface area contributed by atoms with Crippen LogP contribution in [0.4, 0.5) is 11.4 Å². The lowest BCUT2D eigenvalue weighted by atomic mass is 10.1. The summed E-state index contributed by atoms with van der Waals surface area (Å²) >= 11 is 6.08. The van der Waals surface area contributed by atoms with E-state index < -0.39 is 10.8 Å². The Balaban J connectivity index is 1.69. The van der Waals surface area contributed by atoms with Crippen LogP contribution in [0.15, 0.2) is 64.1 Å². The molecule has 0 unspecified atom stereocenters. The molecular formula is C18H13ClN4O4. The second-order valence-electron chi connectivity index (χ2n) is 5.44. The summed E-state index contributed by atoms with van der Waals surface area (Å²) in [6.07, 6.45) is 1.33. The molecule has 0 spiro atoms. The van der Waals surface area contributed by atoms with Crippen molar-refractivity contribution >= 4 is 35.1 Å². The van der Waals surface area contributed by atoms with Crippen molar-refractivity contribution in [1.29, 1.82) is 0 Å². The van der Waals surface area contributed by atoms with E-state index in [1.165, 1.54) is 24.4 Å². The van der Waals surface area contributed by atoms with E-state index in [1.807, 2.05) is 0 Å². The molecule has 1 aromatic heterocycles. The number of nitrogens with two attached hydrogens (primary N) is 1. The monoisotopic (exact) mass is 384 g/mol. The average Bonchev–Trinajstić information content (AvgIpc) is 3.10. The minimum absolute atomic E-state index is 0.109. The summed E-state index contributed by atoms with van der Waals surface area (Å²) in [6.45, 7) is 0. The van der Waals surface area contributed by atoms with Crippen LogP contribution >= 0.6 is 11.6 Å². The van der Waals surface area contributed by atoms with Gasteiger partial charge in [-0.2, -0.15) is 5.10 Å². The molecule has 0 saturated carbocycles. The van der Waals surface area contributed by atoms with E-state index in [0.717, 1.165) is 0 Å². The first-order valence-corrected chi connectivity index (χ1v) is 8.05. The Labute approximate surface area is 158 Å². The van der Waals surface area contributed by atoms with Crippen molar-refractivity contribution in [3.63, 3.8) is 0 Å². The second-order valence-corrected chi connectivity index (χ2v) is 5.85. The zero-order valence-corrected chi connectivity index (χ0v) is 14.5. The number of carbonyl (C=O) groups is 1. The molecule has 27 heavy (non-hydrogen) atoms. The van der Waals surface area contributed by atoms with Gasteiger partial charge in [-0.15, -0.1) is 0 Å². The lowest BCUT2D eigenvalue weighted by Gasteiger charge is -2.01. The molecule has 1 amide bonds. The molecule has 2 aromatic carbocycles. The number of halogens is 1. The van der Waals surface area contributed by atoms with Gasteiger partial charge in [0.15, 0.2) is 0 Å². The summed E-state index contributed by atoms with van der Waals surface area (Å²) < 4.78 is 5.58. The molecule has 0 fully saturated rings. The Kier molecular flexibility index (Phi) is 5.18. The molecule has 9 heteroatoms. The highest BCUT2D eigenvalue weighted by Crippen LogP contribution is 2.31. The molecule has 1 heterocycles. The molecular weight excluding hydrogens is 372 g/mol. The number of anilines is 1. The highest BCUT2D eigenvalue weighted by molar-refractivity contribution is 6.33. The summed E-state index contributed by atoms with van der Waals surface area (Å²) in [5, 5.41) is 14.8. The summed E-state index contributed by atoms with van der Waals surface area (Å²) in [6, 6.07) is 13.8. The van der Waals surface area contributed by atoms with Gasteiger partial charge in [0.25, 0.3) is 11.6 Å². The summed E-state index contributed by atoms with van der Waals surface area (Å²) in [4.78, 5) is 22.2. The van der Waals surface area contributed by atoms with Gasteiger partial charge in [0.1, 0.15) is 11.5 Å². The number of rotatable bonds is 5. The van der Waals surface area contributed by atoms with Crippen molar-refractivity contribution in [2.45, 2.75) is 0 Å². The van der Waals surface area contributed by atoms with Gasteiger partial charge in [-0.1, -0.05) is 11.6 Å². The van der Waals surface area contributed by atoms with Crippen molar-refractivity contribution in [2.24, 2.45) is 5.10 Å². The number of nitrogens with one attached hydrogen (secondary N) is 1. The van der Waals surface area contributed by atoms with E-state index in [-0.39, 0.29) is 10.7 Å². The average molecular weight is 385 g/mol. The number of nitrogens with zero attached hydrogens (tertiary/aromatic N) is 2. The second kappa shape index (κ2) is 7.71. The van der Waals surface area contributed by atoms with Gasteiger partial charge in [0.05, 0.1) is 16.2 Å². The first-order chi connectivity index (χ1) is 12.9. The van der Waals surface area contributed by atoms with Gasteiger partial charge in [-0.25, -0.2) is 5.43 Å². The van der Waals surface area contributed by atoms with Gasteiger partial charge in [0.2, 0.25) is 0 Å². The number of nitro benzene ring substituents is 1. The van der Waals surface area contributed by atoms with Gasteiger partial charge in [0, 0.05) is 28.9 Å². The van der Waals surface area contributed by atoms with Crippen LogP contribution in [0.25, 0.3) is 11.3 Å². The van der Waals surface area contributed by atoms with Gasteiger partial charge in [-0.05, 0) is 42.5 Å². The molecule has 3 rings (SSSR count).